The minimum atomic E-state index is -0.119. The molecule has 2 fully saturated rings. The van der Waals surface area contributed by atoms with Crippen LogP contribution in [0.5, 0.6) is 0 Å². The van der Waals surface area contributed by atoms with Crippen LogP contribution in [0.1, 0.15) is 35.3 Å². The van der Waals surface area contributed by atoms with Crippen molar-refractivity contribution in [3.63, 3.8) is 0 Å². The molecule has 0 bridgehead atoms. The Morgan fingerprint density at radius 2 is 1.92 bits per heavy atom. The van der Waals surface area contributed by atoms with Crippen LogP contribution >= 0.6 is 0 Å². The van der Waals surface area contributed by atoms with Crippen molar-refractivity contribution >= 4 is 11.6 Å². The number of hydrogen-bond acceptors (Lipinski definition) is 4. The van der Waals surface area contributed by atoms with Gasteiger partial charge in [0, 0.05) is 37.6 Å². The highest BCUT2D eigenvalue weighted by Gasteiger charge is 2.29. The minimum Gasteiger partial charge on any atom is -0.370 e. The summed E-state index contributed by atoms with van der Waals surface area (Å²) in [5, 5.41) is 2.96. The topological polar surface area (TPSA) is 48.5 Å². The van der Waals surface area contributed by atoms with E-state index in [2.05, 4.69) is 20.1 Å². The van der Waals surface area contributed by atoms with E-state index in [-0.39, 0.29) is 5.91 Å². The number of hydrogen-bond donors (Lipinski definition) is 1. The Morgan fingerprint density at radius 3 is 2.73 bits per heavy atom. The number of anilines is 1. The van der Waals surface area contributed by atoms with Crippen LogP contribution in [-0.2, 0) is 6.54 Å². The molecule has 3 heterocycles. The van der Waals surface area contributed by atoms with Gasteiger partial charge in [-0.05, 0) is 50.0 Å². The summed E-state index contributed by atoms with van der Waals surface area (Å²) < 4.78 is 0. The van der Waals surface area contributed by atoms with E-state index in [4.69, 9.17) is 0 Å². The van der Waals surface area contributed by atoms with Gasteiger partial charge in [-0.1, -0.05) is 30.3 Å². The van der Waals surface area contributed by atoms with Gasteiger partial charge in [0.05, 0.1) is 0 Å². The van der Waals surface area contributed by atoms with Crippen LogP contribution in [0.3, 0.4) is 0 Å². The van der Waals surface area contributed by atoms with Crippen LogP contribution in [0.2, 0.25) is 0 Å². The van der Waals surface area contributed by atoms with E-state index < -0.39 is 0 Å². The second kappa shape index (κ2) is 7.87. The quantitative estimate of drug-likeness (QED) is 0.901. The third-order valence-corrected chi connectivity index (χ3v) is 5.46. The summed E-state index contributed by atoms with van der Waals surface area (Å²) >= 11 is 0. The zero-order valence-corrected chi connectivity index (χ0v) is 15.1. The molecule has 2 aliphatic heterocycles. The number of amides is 1. The number of rotatable bonds is 5. The van der Waals surface area contributed by atoms with Gasteiger partial charge in [-0.3, -0.25) is 14.7 Å². The molecule has 0 spiro atoms. The fraction of sp³-hybridized carbons (Fsp3) is 0.429. The second-order valence-corrected chi connectivity index (χ2v) is 7.20. The molecular weight excluding hydrogens is 324 g/mol. The molecular formula is C21H26N4O. The number of likely N-dealkylation sites (tertiary alicyclic amines) is 1. The molecule has 5 nitrogen and oxygen atoms in total. The summed E-state index contributed by atoms with van der Waals surface area (Å²) in [5.41, 5.74) is 2.68. The molecule has 0 aliphatic carbocycles. The molecule has 2 saturated heterocycles. The van der Waals surface area contributed by atoms with E-state index in [9.17, 15) is 4.79 Å². The summed E-state index contributed by atoms with van der Waals surface area (Å²) in [7, 11) is 0. The van der Waals surface area contributed by atoms with Crippen LogP contribution in [0.4, 0.5) is 5.69 Å². The molecule has 1 aromatic carbocycles. The molecule has 1 N–H and O–H groups in total. The van der Waals surface area contributed by atoms with E-state index >= 15 is 0 Å². The lowest BCUT2D eigenvalue weighted by Crippen LogP contribution is -2.35. The van der Waals surface area contributed by atoms with Gasteiger partial charge in [-0.25, -0.2) is 0 Å². The number of carbonyl (C=O) groups is 1. The van der Waals surface area contributed by atoms with Crippen molar-refractivity contribution in [2.24, 2.45) is 0 Å². The van der Waals surface area contributed by atoms with Crippen molar-refractivity contribution in [2.45, 2.75) is 31.8 Å². The highest BCUT2D eigenvalue weighted by atomic mass is 16.1. The van der Waals surface area contributed by atoms with E-state index in [1.807, 2.05) is 42.5 Å². The molecule has 5 heteroatoms. The third-order valence-electron chi connectivity index (χ3n) is 5.46. The van der Waals surface area contributed by atoms with E-state index in [0.29, 0.717) is 18.3 Å². The molecule has 26 heavy (non-hydrogen) atoms. The fourth-order valence-corrected chi connectivity index (χ4v) is 3.99. The van der Waals surface area contributed by atoms with Gasteiger partial charge >= 0.3 is 0 Å². The van der Waals surface area contributed by atoms with E-state index in [0.717, 1.165) is 24.3 Å². The van der Waals surface area contributed by atoms with E-state index in [1.165, 1.54) is 32.4 Å². The number of benzene rings is 1. The van der Waals surface area contributed by atoms with Crippen LogP contribution in [0, 0.1) is 0 Å². The Morgan fingerprint density at radius 1 is 1.12 bits per heavy atom. The zero-order valence-electron chi connectivity index (χ0n) is 15.1. The molecule has 0 radical (unpaired) electrons. The summed E-state index contributed by atoms with van der Waals surface area (Å²) in [4.78, 5) is 21.7. The van der Waals surface area contributed by atoms with Crippen molar-refractivity contribution in [3.05, 3.63) is 59.9 Å². The summed E-state index contributed by atoms with van der Waals surface area (Å²) in [5.74, 6) is -0.119. The average Bonchev–Trinajstić information content (AvgIpc) is 3.38. The van der Waals surface area contributed by atoms with Gasteiger partial charge in [0.1, 0.15) is 5.69 Å². The zero-order chi connectivity index (χ0) is 17.8. The van der Waals surface area contributed by atoms with Crippen molar-refractivity contribution in [1.82, 2.24) is 15.2 Å². The molecule has 2 aromatic rings. The number of carbonyl (C=O) groups excluding carboxylic acids is 1. The van der Waals surface area contributed by atoms with Crippen LogP contribution < -0.4 is 10.2 Å². The van der Waals surface area contributed by atoms with Crippen molar-refractivity contribution in [1.29, 1.82) is 0 Å². The Bertz CT molecular complexity index is 743. The first kappa shape index (κ1) is 17.0. The largest absolute Gasteiger partial charge is 0.370 e. The van der Waals surface area contributed by atoms with Gasteiger partial charge in [0.15, 0.2) is 0 Å². The van der Waals surface area contributed by atoms with Crippen molar-refractivity contribution in [2.75, 3.05) is 31.1 Å². The lowest BCUT2D eigenvalue weighted by molar-refractivity contribution is 0.0946. The fourth-order valence-electron chi connectivity index (χ4n) is 3.99. The first-order chi connectivity index (χ1) is 12.8. The predicted molar refractivity (Wildman–Crippen MR) is 103 cm³/mol. The van der Waals surface area contributed by atoms with Gasteiger partial charge < -0.3 is 10.2 Å². The Balaban J connectivity index is 1.38. The molecule has 136 valence electrons. The maximum atomic E-state index is 12.5. The number of nitrogens with zero attached hydrogens (tertiary/aromatic N) is 3. The van der Waals surface area contributed by atoms with E-state index in [1.54, 1.807) is 6.20 Å². The van der Waals surface area contributed by atoms with Gasteiger partial charge in [-0.2, -0.15) is 0 Å². The number of aromatic nitrogens is 1. The Hall–Kier alpha value is -2.40. The Kier molecular flexibility index (Phi) is 5.16. The Labute approximate surface area is 155 Å². The predicted octanol–water partition coefficient (Wildman–Crippen LogP) is 2.69. The highest BCUT2D eigenvalue weighted by Crippen LogP contribution is 2.25. The standard InChI is InChI=1S/C21H26N4O/c26-21(23-15-17-6-2-1-3-7-17)20-14-18(8-10-22-20)25-13-9-19(16-25)24-11-4-5-12-24/h1-3,6-8,10,14,19H,4-5,9,11-13,15-16H2,(H,23,26). The SMILES string of the molecule is O=C(NCc1ccccc1)c1cc(N2CCC(N3CCCC3)C2)ccn1. The molecule has 4 rings (SSSR count). The second-order valence-electron chi connectivity index (χ2n) is 7.20. The normalized spacial score (nSPS) is 20.5. The van der Waals surface area contributed by atoms with Crippen LogP contribution in [0.25, 0.3) is 0 Å². The molecule has 1 aromatic heterocycles. The monoisotopic (exact) mass is 350 g/mol. The maximum absolute atomic E-state index is 12.5. The first-order valence-electron chi connectivity index (χ1n) is 9.57. The van der Waals surface area contributed by atoms with Crippen molar-refractivity contribution in [3.8, 4) is 0 Å². The average molecular weight is 350 g/mol. The molecule has 2 aliphatic rings. The summed E-state index contributed by atoms with van der Waals surface area (Å²) in [6.07, 6.45) is 5.61. The van der Waals surface area contributed by atoms with Gasteiger partial charge in [-0.15, -0.1) is 0 Å². The third kappa shape index (κ3) is 3.88. The summed E-state index contributed by atoms with van der Waals surface area (Å²) in [6, 6.07) is 14.5. The molecule has 1 amide bonds. The smallest absolute Gasteiger partial charge is 0.270 e. The lowest BCUT2D eigenvalue weighted by atomic mass is 10.2. The van der Waals surface area contributed by atoms with Crippen LogP contribution in [-0.4, -0.2) is 48.0 Å². The first-order valence-corrected chi connectivity index (χ1v) is 9.57. The molecule has 1 unspecified atom stereocenters. The highest BCUT2D eigenvalue weighted by molar-refractivity contribution is 5.93. The van der Waals surface area contributed by atoms with Crippen LogP contribution in [0.15, 0.2) is 48.7 Å². The van der Waals surface area contributed by atoms with Crippen molar-refractivity contribution < 1.29 is 4.79 Å². The number of pyridine rings is 1. The molecule has 1 atom stereocenters. The van der Waals surface area contributed by atoms with Gasteiger partial charge in [0.25, 0.3) is 5.91 Å². The lowest BCUT2D eigenvalue weighted by Gasteiger charge is -2.24. The summed E-state index contributed by atoms with van der Waals surface area (Å²) in [6.45, 7) is 5.10. The maximum Gasteiger partial charge on any atom is 0.270 e. The minimum absolute atomic E-state index is 0.119. The molecule has 0 saturated carbocycles. The van der Waals surface area contributed by atoms with Gasteiger partial charge in [0.2, 0.25) is 0 Å². The number of nitrogens with one attached hydrogen (secondary N) is 1.